The molecular weight excluding hydrogens is 204 g/mol. The maximum absolute atomic E-state index is 8.94. The van der Waals surface area contributed by atoms with Crippen LogP contribution in [0.2, 0.25) is 0 Å². The van der Waals surface area contributed by atoms with E-state index in [2.05, 4.69) is 11.4 Å². The van der Waals surface area contributed by atoms with Gasteiger partial charge in [-0.3, -0.25) is 0 Å². The fraction of sp³-hybridized carbons (Fsp3) is 0.417. The first-order valence-corrected chi connectivity index (χ1v) is 5.16. The van der Waals surface area contributed by atoms with Crippen molar-refractivity contribution in [3.05, 3.63) is 23.8 Å². The van der Waals surface area contributed by atoms with Crippen molar-refractivity contribution in [1.82, 2.24) is 0 Å². The van der Waals surface area contributed by atoms with Crippen LogP contribution >= 0.6 is 0 Å². The highest BCUT2D eigenvalue weighted by molar-refractivity contribution is 5.60. The molecule has 0 radical (unpaired) electrons. The van der Waals surface area contributed by atoms with E-state index in [1.54, 1.807) is 25.3 Å². The number of rotatable bonds is 5. The fourth-order valence-corrected chi connectivity index (χ4v) is 1.40. The second-order valence-corrected chi connectivity index (χ2v) is 3.58. The highest BCUT2D eigenvalue weighted by Gasteiger charge is 2.07. The lowest BCUT2D eigenvalue weighted by atomic mass is 10.1. The topological polar surface area (TPSA) is 65.3 Å². The minimum atomic E-state index is 0.115. The van der Waals surface area contributed by atoms with Gasteiger partial charge in [0.25, 0.3) is 0 Å². The number of nitrogens with zero attached hydrogens (tertiary/aromatic N) is 1. The summed E-state index contributed by atoms with van der Waals surface area (Å²) in [7, 11) is 1.59. The quantitative estimate of drug-likeness (QED) is 0.793. The zero-order chi connectivity index (χ0) is 12.0. The summed E-state index contributed by atoms with van der Waals surface area (Å²) in [5.41, 5.74) is 1.31. The minimum absolute atomic E-state index is 0.115. The third-order valence-corrected chi connectivity index (χ3v) is 2.31. The first kappa shape index (κ1) is 12.3. The molecule has 1 unspecified atom stereocenters. The van der Waals surface area contributed by atoms with Crippen molar-refractivity contribution >= 4 is 5.69 Å². The van der Waals surface area contributed by atoms with Crippen LogP contribution in [0.1, 0.15) is 18.9 Å². The van der Waals surface area contributed by atoms with Crippen molar-refractivity contribution < 1.29 is 9.84 Å². The zero-order valence-electron chi connectivity index (χ0n) is 9.53. The normalized spacial score (nSPS) is 11.6. The van der Waals surface area contributed by atoms with Crippen molar-refractivity contribution in [3.8, 4) is 11.8 Å². The molecule has 0 spiro atoms. The van der Waals surface area contributed by atoms with Gasteiger partial charge in [-0.1, -0.05) is 0 Å². The lowest BCUT2D eigenvalue weighted by Gasteiger charge is -2.15. The third kappa shape index (κ3) is 3.14. The Morgan fingerprint density at radius 3 is 2.88 bits per heavy atom. The Labute approximate surface area is 95.5 Å². The molecule has 0 aliphatic heterocycles. The van der Waals surface area contributed by atoms with Crippen molar-refractivity contribution in [3.63, 3.8) is 0 Å². The number of ether oxygens (including phenoxy) is 1. The summed E-state index contributed by atoms with van der Waals surface area (Å²) in [6, 6.07) is 7.48. The number of aliphatic hydroxyl groups is 1. The molecule has 1 aromatic carbocycles. The Hall–Kier alpha value is -1.73. The number of anilines is 1. The standard InChI is InChI=1S/C12H16N2O2/c1-9(5-6-15)14-12-7-11(16-2)4-3-10(12)8-13/h3-4,7,9,14-15H,5-6H2,1-2H3. The van der Waals surface area contributed by atoms with Crippen LogP contribution in [-0.2, 0) is 0 Å². The van der Waals surface area contributed by atoms with Crippen LogP contribution in [0.25, 0.3) is 0 Å². The monoisotopic (exact) mass is 220 g/mol. The van der Waals surface area contributed by atoms with Gasteiger partial charge in [0.15, 0.2) is 0 Å². The van der Waals surface area contributed by atoms with Gasteiger partial charge < -0.3 is 15.2 Å². The predicted molar refractivity (Wildman–Crippen MR) is 62.5 cm³/mol. The van der Waals surface area contributed by atoms with Gasteiger partial charge in [0.2, 0.25) is 0 Å². The van der Waals surface area contributed by atoms with Crippen molar-refractivity contribution in [1.29, 1.82) is 5.26 Å². The largest absolute Gasteiger partial charge is 0.497 e. The van der Waals surface area contributed by atoms with E-state index >= 15 is 0 Å². The van der Waals surface area contributed by atoms with Gasteiger partial charge in [-0.15, -0.1) is 0 Å². The number of nitrogens with one attached hydrogen (secondary N) is 1. The highest BCUT2D eigenvalue weighted by atomic mass is 16.5. The summed E-state index contributed by atoms with van der Waals surface area (Å²) < 4.78 is 5.10. The Morgan fingerprint density at radius 2 is 2.31 bits per heavy atom. The van der Waals surface area contributed by atoms with E-state index in [0.29, 0.717) is 17.7 Å². The molecule has 0 heterocycles. The molecule has 1 atom stereocenters. The molecule has 4 heteroatoms. The SMILES string of the molecule is COc1ccc(C#N)c(NC(C)CCO)c1. The zero-order valence-corrected chi connectivity index (χ0v) is 9.53. The maximum atomic E-state index is 8.94. The second kappa shape index (κ2) is 5.99. The van der Waals surface area contributed by atoms with E-state index < -0.39 is 0 Å². The maximum Gasteiger partial charge on any atom is 0.121 e. The molecule has 0 bridgehead atoms. The fourth-order valence-electron chi connectivity index (χ4n) is 1.40. The molecule has 0 saturated carbocycles. The summed E-state index contributed by atoms with van der Waals surface area (Å²) >= 11 is 0. The summed E-state index contributed by atoms with van der Waals surface area (Å²) in [6.45, 7) is 2.08. The van der Waals surface area contributed by atoms with E-state index in [4.69, 9.17) is 15.1 Å². The summed E-state index contributed by atoms with van der Waals surface area (Å²) in [6.07, 6.45) is 0.641. The van der Waals surface area contributed by atoms with E-state index in [1.165, 1.54) is 0 Å². The van der Waals surface area contributed by atoms with E-state index in [0.717, 1.165) is 5.69 Å². The van der Waals surface area contributed by atoms with Crippen molar-refractivity contribution in [2.24, 2.45) is 0 Å². The molecule has 2 N–H and O–H groups in total. The molecule has 0 saturated heterocycles. The van der Waals surface area contributed by atoms with Crippen LogP contribution in [0.15, 0.2) is 18.2 Å². The van der Waals surface area contributed by atoms with Gasteiger partial charge in [-0.2, -0.15) is 5.26 Å². The van der Waals surface area contributed by atoms with Crippen LogP contribution in [0.4, 0.5) is 5.69 Å². The van der Waals surface area contributed by atoms with Gasteiger partial charge in [-0.25, -0.2) is 0 Å². The molecule has 4 nitrogen and oxygen atoms in total. The van der Waals surface area contributed by atoms with Gasteiger partial charge in [0.1, 0.15) is 11.8 Å². The Bertz CT molecular complexity index is 385. The van der Waals surface area contributed by atoms with E-state index in [-0.39, 0.29) is 12.6 Å². The Morgan fingerprint density at radius 1 is 1.56 bits per heavy atom. The second-order valence-electron chi connectivity index (χ2n) is 3.58. The third-order valence-electron chi connectivity index (χ3n) is 2.31. The average molecular weight is 220 g/mol. The number of hydrogen-bond donors (Lipinski definition) is 2. The minimum Gasteiger partial charge on any atom is -0.497 e. The van der Waals surface area contributed by atoms with Crippen LogP contribution in [-0.4, -0.2) is 24.9 Å². The Balaban J connectivity index is 2.88. The van der Waals surface area contributed by atoms with Gasteiger partial charge >= 0.3 is 0 Å². The number of nitriles is 1. The smallest absolute Gasteiger partial charge is 0.121 e. The number of methoxy groups -OCH3 is 1. The number of benzene rings is 1. The first-order chi connectivity index (χ1) is 7.71. The van der Waals surface area contributed by atoms with E-state index in [9.17, 15) is 0 Å². The molecule has 1 aromatic rings. The van der Waals surface area contributed by atoms with Crippen LogP contribution < -0.4 is 10.1 Å². The lowest BCUT2D eigenvalue weighted by molar-refractivity contribution is 0.282. The molecule has 0 aromatic heterocycles. The molecule has 0 aliphatic rings. The summed E-state index contributed by atoms with van der Waals surface area (Å²) in [5, 5.41) is 20.9. The summed E-state index contributed by atoms with van der Waals surface area (Å²) in [5.74, 6) is 0.706. The molecule has 16 heavy (non-hydrogen) atoms. The number of hydrogen-bond acceptors (Lipinski definition) is 4. The van der Waals surface area contributed by atoms with Crippen molar-refractivity contribution in [2.45, 2.75) is 19.4 Å². The molecule has 0 fully saturated rings. The average Bonchev–Trinajstić information content (AvgIpc) is 2.29. The summed E-state index contributed by atoms with van der Waals surface area (Å²) in [4.78, 5) is 0. The van der Waals surface area contributed by atoms with Crippen LogP contribution in [0, 0.1) is 11.3 Å². The molecule has 0 amide bonds. The van der Waals surface area contributed by atoms with Gasteiger partial charge in [-0.05, 0) is 25.5 Å². The molecule has 1 rings (SSSR count). The van der Waals surface area contributed by atoms with E-state index in [1.807, 2.05) is 6.92 Å². The molecule has 0 aliphatic carbocycles. The Kier molecular flexibility index (Phi) is 4.62. The van der Waals surface area contributed by atoms with Crippen LogP contribution in [0.5, 0.6) is 5.75 Å². The van der Waals surface area contributed by atoms with Gasteiger partial charge in [0.05, 0.1) is 18.4 Å². The van der Waals surface area contributed by atoms with Crippen LogP contribution in [0.3, 0.4) is 0 Å². The van der Waals surface area contributed by atoms with Crippen molar-refractivity contribution in [2.75, 3.05) is 19.0 Å². The highest BCUT2D eigenvalue weighted by Crippen LogP contribution is 2.22. The predicted octanol–water partition coefficient (Wildman–Crippen LogP) is 1.75. The van der Waals surface area contributed by atoms with Gasteiger partial charge in [0, 0.05) is 18.7 Å². The molecular formula is C12H16N2O2. The molecule has 86 valence electrons. The first-order valence-electron chi connectivity index (χ1n) is 5.16. The number of aliphatic hydroxyl groups excluding tert-OH is 1. The lowest BCUT2D eigenvalue weighted by Crippen LogP contribution is -2.17.